The number of nitrogens with zero attached hydrogens (tertiary/aromatic N) is 1. The molecule has 2 nitrogen and oxygen atoms in total. The van der Waals surface area contributed by atoms with E-state index in [4.69, 9.17) is 11.6 Å². The van der Waals surface area contributed by atoms with Crippen LogP contribution in [0.3, 0.4) is 0 Å². The molecule has 0 aliphatic heterocycles. The zero-order valence-electron chi connectivity index (χ0n) is 9.15. The highest BCUT2D eigenvalue weighted by Gasteiger charge is 2.04. The van der Waals surface area contributed by atoms with Gasteiger partial charge in [0.15, 0.2) is 5.13 Å². The van der Waals surface area contributed by atoms with E-state index in [9.17, 15) is 0 Å². The number of benzene rings is 2. The summed E-state index contributed by atoms with van der Waals surface area (Å²) >= 11 is 11.0. The Labute approximate surface area is 122 Å². The van der Waals surface area contributed by atoms with Crippen molar-refractivity contribution in [2.75, 3.05) is 5.32 Å². The van der Waals surface area contributed by atoms with E-state index in [-0.39, 0.29) is 0 Å². The summed E-state index contributed by atoms with van der Waals surface area (Å²) in [5.74, 6) is 0. The van der Waals surface area contributed by atoms with Gasteiger partial charge in [-0.25, -0.2) is 4.98 Å². The van der Waals surface area contributed by atoms with E-state index in [0.717, 1.165) is 25.5 Å². The van der Waals surface area contributed by atoms with E-state index in [1.165, 1.54) is 0 Å². The molecule has 0 unspecified atom stereocenters. The third kappa shape index (κ3) is 2.51. The van der Waals surface area contributed by atoms with Crippen LogP contribution < -0.4 is 5.32 Å². The third-order valence-electron chi connectivity index (χ3n) is 2.45. The van der Waals surface area contributed by atoms with E-state index < -0.39 is 0 Å². The first kappa shape index (κ1) is 12.0. The van der Waals surface area contributed by atoms with Gasteiger partial charge in [-0.2, -0.15) is 0 Å². The van der Waals surface area contributed by atoms with Gasteiger partial charge in [-0.1, -0.05) is 38.9 Å². The highest BCUT2D eigenvalue weighted by Crippen LogP contribution is 2.30. The first-order valence-electron chi connectivity index (χ1n) is 5.29. The lowest BCUT2D eigenvalue weighted by Gasteiger charge is -2.01. The summed E-state index contributed by atoms with van der Waals surface area (Å²) < 4.78 is 2.18. The predicted octanol–water partition coefficient (Wildman–Crippen LogP) is 5.46. The summed E-state index contributed by atoms with van der Waals surface area (Å²) in [7, 11) is 0. The fraction of sp³-hybridized carbons (Fsp3) is 0. The standard InChI is InChI=1S/C13H8BrClN2S/c14-8-1-4-10(5-2-8)16-13-17-11-7-9(15)3-6-12(11)18-13/h1-7H,(H,16,17). The van der Waals surface area contributed by atoms with Crippen molar-refractivity contribution >= 4 is 59.9 Å². The molecule has 1 heterocycles. The van der Waals surface area contributed by atoms with Gasteiger partial charge in [-0.05, 0) is 42.5 Å². The van der Waals surface area contributed by atoms with Crippen LogP contribution in [0.25, 0.3) is 10.2 Å². The minimum Gasteiger partial charge on any atom is -0.332 e. The predicted molar refractivity (Wildman–Crippen MR) is 82.1 cm³/mol. The van der Waals surface area contributed by atoms with Crippen molar-refractivity contribution in [1.82, 2.24) is 4.98 Å². The van der Waals surface area contributed by atoms with Crippen molar-refractivity contribution in [2.45, 2.75) is 0 Å². The van der Waals surface area contributed by atoms with Crippen molar-refractivity contribution in [3.05, 3.63) is 52.0 Å². The quantitative estimate of drug-likeness (QED) is 0.671. The minimum atomic E-state index is 0.711. The monoisotopic (exact) mass is 338 g/mol. The number of hydrogen-bond donors (Lipinski definition) is 1. The molecule has 0 radical (unpaired) electrons. The Morgan fingerprint density at radius 2 is 1.89 bits per heavy atom. The molecule has 1 aromatic heterocycles. The van der Waals surface area contributed by atoms with Gasteiger partial charge < -0.3 is 5.32 Å². The second kappa shape index (κ2) is 4.88. The van der Waals surface area contributed by atoms with E-state index in [1.807, 2.05) is 42.5 Å². The molecule has 0 saturated carbocycles. The Morgan fingerprint density at radius 1 is 1.11 bits per heavy atom. The number of nitrogens with one attached hydrogen (secondary N) is 1. The van der Waals surface area contributed by atoms with E-state index >= 15 is 0 Å². The zero-order chi connectivity index (χ0) is 12.5. The fourth-order valence-electron chi connectivity index (χ4n) is 1.61. The molecule has 0 spiro atoms. The van der Waals surface area contributed by atoms with Crippen LogP contribution in [0.4, 0.5) is 10.8 Å². The van der Waals surface area contributed by atoms with E-state index in [1.54, 1.807) is 11.3 Å². The lowest BCUT2D eigenvalue weighted by molar-refractivity contribution is 1.44. The molecule has 0 fully saturated rings. The molecule has 0 bridgehead atoms. The average Bonchev–Trinajstić information content (AvgIpc) is 2.73. The van der Waals surface area contributed by atoms with Gasteiger partial charge in [0.05, 0.1) is 10.2 Å². The highest BCUT2D eigenvalue weighted by molar-refractivity contribution is 9.10. The maximum Gasteiger partial charge on any atom is 0.188 e. The van der Waals surface area contributed by atoms with Gasteiger partial charge in [-0.15, -0.1) is 0 Å². The number of rotatable bonds is 2. The number of hydrogen-bond acceptors (Lipinski definition) is 3. The van der Waals surface area contributed by atoms with Crippen LogP contribution in [0, 0.1) is 0 Å². The minimum absolute atomic E-state index is 0.711. The Balaban J connectivity index is 1.92. The molecule has 0 aliphatic carbocycles. The van der Waals surface area contributed by atoms with Crippen molar-refractivity contribution in [1.29, 1.82) is 0 Å². The summed E-state index contributed by atoms with van der Waals surface area (Å²) in [5.41, 5.74) is 1.94. The molecule has 3 rings (SSSR count). The van der Waals surface area contributed by atoms with Gasteiger partial charge >= 0.3 is 0 Å². The number of thiazole rings is 1. The molecular weight excluding hydrogens is 332 g/mol. The Morgan fingerprint density at radius 3 is 2.67 bits per heavy atom. The molecule has 0 amide bonds. The lowest BCUT2D eigenvalue weighted by Crippen LogP contribution is -1.87. The van der Waals surface area contributed by atoms with Crippen LogP contribution in [0.15, 0.2) is 46.9 Å². The summed E-state index contributed by atoms with van der Waals surface area (Å²) in [6, 6.07) is 13.7. The smallest absolute Gasteiger partial charge is 0.188 e. The largest absolute Gasteiger partial charge is 0.332 e. The van der Waals surface area contributed by atoms with E-state index in [2.05, 4.69) is 26.2 Å². The first-order chi connectivity index (χ1) is 8.70. The summed E-state index contributed by atoms with van der Waals surface area (Å²) in [4.78, 5) is 4.50. The topological polar surface area (TPSA) is 24.9 Å². The second-order valence-corrected chi connectivity index (χ2v) is 6.15. The molecule has 90 valence electrons. The van der Waals surface area contributed by atoms with Crippen LogP contribution in [-0.2, 0) is 0 Å². The molecular formula is C13H8BrClN2S. The van der Waals surface area contributed by atoms with Crippen molar-refractivity contribution in [3.8, 4) is 0 Å². The SMILES string of the molecule is Clc1ccc2sc(Nc3ccc(Br)cc3)nc2c1. The number of aromatic nitrogens is 1. The molecule has 0 atom stereocenters. The Kier molecular flexibility index (Phi) is 3.24. The van der Waals surface area contributed by atoms with Gasteiger partial charge in [0.2, 0.25) is 0 Å². The summed E-state index contributed by atoms with van der Waals surface area (Å²) in [6.07, 6.45) is 0. The molecule has 5 heteroatoms. The maximum absolute atomic E-state index is 5.94. The zero-order valence-corrected chi connectivity index (χ0v) is 12.3. The second-order valence-electron chi connectivity index (χ2n) is 3.76. The van der Waals surface area contributed by atoms with Crippen molar-refractivity contribution < 1.29 is 0 Å². The van der Waals surface area contributed by atoms with Crippen LogP contribution in [-0.4, -0.2) is 4.98 Å². The maximum atomic E-state index is 5.94. The highest BCUT2D eigenvalue weighted by atomic mass is 79.9. The van der Waals surface area contributed by atoms with Crippen LogP contribution in [0.5, 0.6) is 0 Å². The van der Waals surface area contributed by atoms with Crippen molar-refractivity contribution in [2.24, 2.45) is 0 Å². The fourth-order valence-corrected chi connectivity index (χ4v) is 2.91. The summed E-state index contributed by atoms with van der Waals surface area (Å²) in [6.45, 7) is 0. The van der Waals surface area contributed by atoms with Gasteiger partial charge in [-0.3, -0.25) is 0 Å². The van der Waals surface area contributed by atoms with Crippen LogP contribution in [0.1, 0.15) is 0 Å². The van der Waals surface area contributed by atoms with Gasteiger partial charge in [0.1, 0.15) is 0 Å². The average molecular weight is 340 g/mol. The van der Waals surface area contributed by atoms with Crippen molar-refractivity contribution in [3.63, 3.8) is 0 Å². The molecule has 2 aromatic carbocycles. The molecule has 1 N–H and O–H groups in total. The Bertz CT molecular complexity index is 694. The lowest BCUT2D eigenvalue weighted by atomic mass is 10.3. The third-order valence-corrected chi connectivity index (χ3v) is 4.16. The first-order valence-corrected chi connectivity index (χ1v) is 7.28. The van der Waals surface area contributed by atoms with Crippen LogP contribution in [0.2, 0.25) is 5.02 Å². The van der Waals surface area contributed by atoms with Gasteiger partial charge in [0, 0.05) is 15.2 Å². The molecule has 0 saturated heterocycles. The number of anilines is 2. The molecule has 18 heavy (non-hydrogen) atoms. The Hall–Kier alpha value is -1.10. The number of fused-ring (bicyclic) bond motifs is 1. The van der Waals surface area contributed by atoms with Crippen LogP contribution >= 0.6 is 38.9 Å². The van der Waals surface area contributed by atoms with Gasteiger partial charge in [0.25, 0.3) is 0 Å². The normalized spacial score (nSPS) is 10.8. The molecule has 0 aliphatic rings. The van der Waals surface area contributed by atoms with E-state index in [0.29, 0.717) is 5.02 Å². The number of halogens is 2. The summed E-state index contributed by atoms with van der Waals surface area (Å²) in [5, 5.41) is 4.86. The molecule has 3 aromatic rings.